The van der Waals surface area contributed by atoms with Crippen molar-refractivity contribution >= 4 is 34.1 Å². The third kappa shape index (κ3) is 6.39. The van der Waals surface area contributed by atoms with E-state index in [0.29, 0.717) is 0 Å². The van der Waals surface area contributed by atoms with Gasteiger partial charge in [-0.05, 0) is 173 Å². The summed E-state index contributed by atoms with van der Waals surface area (Å²) >= 11 is 0. The lowest BCUT2D eigenvalue weighted by Gasteiger charge is -2.33. The Morgan fingerprint density at radius 3 is 0.646 bits per heavy atom. The average molecular weight is 1030 g/mol. The maximum atomic E-state index is 6.83. The summed E-state index contributed by atoms with van der Waals surface area (Å²) in [4.78, 5) is 4.90. The SMILES string of the molecule is COC1(OC)c2cc(N(c3ccc4c(c3)C(C)(C)c3ccccc3-4)c3ccc4c(c3)C(C)(C)c3ccccc3-4)ccc2-c2ccc(N(c3ccc4c(c3)C(C)(C)c3ccccc3-4)c3ccc4c(c3)C(C)(C)c3ccccc3-4)cc21. The monoisotopic (exact) mass is 1020 g/mol. The van der Waals surface area contributed by atoms with Gasteiger partial charge in [0.2, 0.25) is 5.79 Å². The molecule has 4 heteroatoms. The molecule has 10 aromatic carbocycles. The fourth-order valence-corrected chi connectivity index (χ4v) is 15.2. The number of rotatable bonds is 8. The van der Waals surface area contributed by atoms with Gasteiger partial charge in [-0.2, -0.15) is 0 Å². The van der Waals surface area contributed by atoms with Crippen molar-refractivity contribution in [2.24, 2.45) is 0 Å². The summed E-state index contributed by atoms with van der Waals surface area (Å²) in [5, 5.41) is 0. The molecule has 0 N–H and O–H groups in total. The Morgan fingerprint density at radius 2 is 0.418 bits per heavy atom. The predicted octanol–water partition coefficient (Wildman–Crippen LogP) is 19.3. The fourth-order valence-electron chi connectivity index (χ4n) is 15.2. The summed E-state index contributed by atoms with van der Waals surface area (Å²) in [6, 6.07) is 77.7. The Morgan fingerprint density at radius 1 is 0.228 bits per heavy atom. The number of methoxy groups -OCH3 is 2. The molecular weight excluding hydrogens is 961 g/mol. The van der Waals surface area contributed by atoms with Gasteiger partial charge in [-0.3, -0.25) is 0 Å². The Bertz CT molecular complexity index is 3780. The first-order valence-electron chi connectivity index (χ1n) is 28.1. The van der Waals surface area contributed by atoms with E-state index in [2.05, 4.69) is 271 Å². The molecule has 0 bridgehead atoms. The molecule has 0 amide bonds. The van der Waals surface area contributed by atoms with Crippen molar-refractivity contribution in [2.75, 3.05) is 24.0 Å². The molecule has 0 radical (unpaired) electrons. The molecular formula is C75H64N2O2. The quantitative estimate of drug-likeness (QED) is 0.142. The van der Waals surface area contributed by atoms with Gasteiger partial charge < -0.3 is 19.3 Å². The standard InChI is InChI=1S/C75H64N2O2/c1-71(2)61-23-15-11-19-51(61)55-33-27-45(39-65(55)71)76(46-28-34-56-52-20-12-16-24-62(52)72(3,4)66(56)40-46)49-31-37-59-60-38-32-50(44-70(60)75(78-9,79-10)69(59)43-49)77(47-29-35-57-53-21-13-17-25-63(53)73(5,6)67(57)41-47)48-30-36-58-54-22-14-18-26-64(54)74(7,8)68(58)42-48/h11-44H,1-10H3. The maximum Gasteiger partial charge on any atom is 0.223 e. The first-order valence-corrected chi connectivity index (χ1v) is 28.1. The molecule has 15 rings (SSSR count). The number of hydrogen-bond donors (Lipinski definition) is 0. The van der Waals surface area contributed by atoms with Gasteiger partial charge in [-0.15, -0.1) is 0 Å². The molecule has 0 heterocycles. The lowest BCUT2D eigenvalue weighted by molar-refractivity contribution is -0.180. The molecule has 0 spiro atoms. The summed E-state index contributed by atoms with van der Waals surface area (Å²) in [5.74, 6) is -1.22. The van der Waals surface area contributed by atoms with Crippen molar-refractivity contribution in [3.05, 3.63) is 262 Å². The highest BCUT2D eigenvalue weighted by molar-refractivity contribution is 5.93. The van der Waals surface area contributed by atoms with E-state index in [0.717, 1.165) is 56.4 Å². The lowest BCUT2D eigenvalue weighted by Crippen LogP contribution is -2.30. The summed E-state index contributed by atoms with van der Waals surface area (Å²) in [7, 11) is 3.58. The average Bonchev–Trinajstić information content (AvgIpc) is 4.20. The van der Waals surface area contributed by atoms with Crippen LogP contribution in [0.15, 0.2) is 206 Å². The largest absolute Gasteiger partial charge is 0.346 e. The summed E-state index contributed by atoms with van der Waals surface area (Å²) in [6.45, 7) is 18.9. The molecule has 5 aliphatic rings. The summed E-state index contributed by atoms with van der Waals surface area (Å²) < 4.78 is 13.7. The molecule has 0 saturated heterocycles. The third-order valence-corrected chi connectivity index (χ3v) is 19.4. The molecule has 386 valence electrons. The zero-order valence-electron chi connectivity index (χ0n) is 46.8. The highest BCUT2D eigenvalue weighted by Gasteiger charge is 2.47. The highest BCUT2D eigenvalue weighted by atomic mass is 16.7. The number of fused-ring (bicyclic) bond motifs is 15. The van der Waals surface area contributed by atoms with Crippen LogP contribution in [0.1, 0.15) is 111 Å². The van der Waals surface area contributed by atoms with Crippen LogP contribution in [0.2, 0.25) is 0 Å². The van der Waals surface area contributed by atoms with Crippen molar-refractivity contribution in [1.29, 1.82) is 0 Å². The summed E-state index contributed by atoms with van der Waals surface area (Å²) in [6.07, 6.45) is 0. The molecule has 0 saturated carbocycles. The van der Waals surface area contributed by atoms with E-state index in [9.17, 15) is 0 Å². The van der Waals surface area contributed by atoms with Crippen LogP contribution in [-0.4, -0.2) is 14.2 Å². The van der Waals surface area contributed by atoms with Crippen LogP contribution >= 0.6 is 0 Å². The molecule has 10 aromatic rings. The second-order valence-electron chi connectivity index (χ2n) is 24.8. The molecule has 5 aliphatic carbocycles. The number of anilines is 6. The lowest BCUT2D eigenvalue weighted by atomic mass is 9.82. The van der Waals surface area contributed by atoms with Crippen LogP contribution in [0.4, 0.5) is 34.1 Å². The number of nitrogens with zero attached hydrogens (tertiary/aromatic N) is 2. The molecule has 0 aliphatic heterocycles. The number of ether oxygens (including phenoxy) is 2. The van der Waals surface area contributed by atoms with Gasteiger partial charge >= 0.3 is 0 Å². The van der Waals surface area contributed by atoms with Crippen molar-refractivity contribution in [1.82, 2.24) is 0 Å². The van der Waals surface area contributed by atoms with Gasteiger partial charge in [0.25, 0.3) is 0 Å². The van der Waals surface area contributed by atoms with E-state index in [4.69, 9.17) is 9.47 Å². The van der Waals surface area contributed by atoms with E-state index in [1.165, 1.54) is 89.0 Å². The van der Waals surface area contributed by atoms with Gasteiger partial charge in [-0.1, -0.05) is 189 Å². The molecule has 0 fully saturated rings. The first-order chi connectivity index (χ1) is 38.1. The van der Waals surface area contributed by atoms with Crippen LogP contribution in [0.3, 0.4) is 0 Å². The molecule has 4 nitrogen and oxygen atoms in total. The Hall–Kier alpha value is -8.28. The second kappa shape index (κ2) is 16.4. The zero-order chi connectivity index (χ0) is 54.1. The topological polar surface area (TPSA) is 24.9 Å². The minimum atomic E-state index is -1.22. The zero-order valence-corrected chi connectivity index (χ0v) is 46.8. The van der Waals surface area contributed by atoms with E-state index >= 15 is 0 Å². The predicted molar refractivity (Wildman–Crippen MR) is 326 cm³/mol. The minimum Gasteiger partial charge on any atom is -0.346 e. The smallest absolute Gasteiger partial charge is 0.223 e. The van der Waals surface area contributed by atoms with Crippen LogP contribution in [0.25, 0.3) is 55.6 Å². The van der Waals surface area contributed by atoms with Gasteiger partial charge in [0.15, 0.2) is 0 Å². The molecule has 79 heavy (non-hydrogen) atoms. The molecule has 0 atom stereocenters. The number of benzene rings is 10. The van der Waals surface area contributed by atoms with Crippen molar-refractivity contribution in [3.8, 4) is 55.6 Å². The van der Waals surface area contributed by atoms with Gasteiger partial charge in [0, 0.05) is 81.1 Å². The third-order valence-electron chi connectivity index (χ3n) is 19.4. The Kier molecular flexibility index (Phi) is 9.94. The molecule has 0 unspecified atom stereocenters. The van der Waals surface area contributed by atoms with E-state index < -0.39 is 5.79 Å². The van der Waals surface area contributed by atoms with Crippen molar-refractivity contribution in [2.45, 2.75) is 82.8 Å². The Balaban J connectivity index is 0.893. The highest BCUT2D eigenvalue weighted by Crippen LogP contribution is 2.58. The van der Waals surface area contributed by atoms with E-state index in [1.54, 1.807) is 14.2 Å². The minimum absolute atomic E-state index is 0.177. The van der Waals surface area contributed by atoms with Gasteiger partial charge in [-0.25, -0.2) is 0 Å². The van der Waals surface area contributed by atoms with Crippen molar-refractivity contribution in [3.63, 3.8) is 0 Å². The number of hydrogen-bond acceptors (Lipinski definition) is 4. The first kappa shape index (κ1) is 47.9. The Labute approximate surface area is 465 Å². The van der Waals surface area contributed by atoms with Crippen LogP contribution in [0, 0.1) is 0 Å². The summed E-state index contributed by atoms with van der Waals surface area (Å²) in [5.41, 5.74) is 31.0. The van der Waals surface area contributed by atoms with Gasteiger partial charge in [0.05, 0.1) is 0 Å². The second-order valence-corrected chi connectivity index (χ2v) is 24.8. The van der Waals surface area contributed by atoms with Crippen LogP contribution in [-0.2, 0) is 36.9 Å². The van der Waals surface area contributed by atoms with Crippen LogP contribution in [0.5, 0.6) is 0 Å². The maximum absolute atomic E-state index is 6.83. The molecule has 0 aromatic heterocycles. The fraction of sp³-hybridized carbons (Fsp3) is 0.200. The van der Waals surface area contributed by atoms with Crippen LogP contribution < -0.4 is 9.80 Å². The van der Waals surface area contributed by atoms with Gasteiger partial charge in [0.1, 0.15) is 0 Å². The van der Waals surface area contributed by atoms with Crippen molar-refractivity contribution < 1.29 is 9.47 Å². The van der Waals surface area contributed by atoms with E-state index in [-0.39, 0.29) is 21.7 Å². The normalized spacial score (nSPS) is 16.6. The van der Waals surface area contributed by atoms with E-state index in [1.807, 2.05) is 0 Å².